The van der Waals surface area contributed by atoms with Crippen molar-refractivity contribution in [2.24, 2.45) is 4.99 Å². The monoisotopic (exact) mass is 297 g/mol. The molecule has 0 saturated carbocycles. The van der Waals surface area contributed by atoms with Gasteiger partial charge in [-0.2, -0.15) is 0 Å². The summed E-state index contributed by atoms with van der Waals surface area (Å²) < 4.78 is 0. The third kappa shape index (κ3) is 4.69. The van der Waals surface area contributed by atoms with Gasteiger partial charge in [-0.15, -0.1) is 0 Å². The summed E-state index contributed by atoms with van der Waals surface area (Å²) in [6, 6.07) is 4.04. The molecule has 3 heteroatoms. The zero-order chi connectivity index (χ0) is 16.5. The second-order valence-electron chi connectivity index (χ2n) is 5.18. The van der Waals surface area contributed by atoms with E-state index in [0.717, 1.165) is 46.8 Å². The number of nitrogens with one attached hydrogen (secondary N) is 1. The molecular formula is C19H27N3. The van der Waals surface area contributed by atoms with Gasteiger partial charge in [-0.25, -0.2) is 0 Å². The van der Waals surface area contributed by atoms with Gasteiger partial charge in [-0.1, -0.05) is 25.6 Å². The Morgan fingerprint density at radius 3 is 2.73 bits per heavy atom. The zero-order valence-electron chi connectivity index (χ0n) is 14.4. The van der Waals surface area contributed by atoms with Crippen LogP contribution < -0.4 is 5.32 Å². The molecule has 0 unspecified atom stereocenters. The predicted molar refractivity (Wildman–Crippen MR) is 97.2 cm³/mol. The molecule has 0 spiro atoms. The highest BCUT2D eigenvalue weighted by atomic mass is 14.9. The van der Waals surface area contributed by atoms with Crippen LogP contribution in [0.5, 0.6) is 0 Å². The first-order valence-corrected chi connectivity index (χ1v) is 7.72. The molecule has 0 aliphatic heterocycles. The highest BCUT2D eigenvalue weighted by Gasteiger charge is 2.10. The van der Waals surface area contributed by atoms with Crippen molar-refractivity contribution in [3.05, 3.63) is 59.6 Å². The number of aromatic nitrogens is 1. The average Bonchev–Trinajstić information content (AvgIpc) is 2.53. The average molecular weight is 297 g/mol. The molecule has 0 bridgehead atoms. The number of hydrogen-bond donors (Lipinski definition) is 1. The fourth-order valence-corrected chi connectivity index (χ4v) is 2.18. The molecule has 22 heavy (non-hydrogen) atoms. The summed E-state index contributed by atoms with van der Waals surface area (Å²) in [5.74, 6) is 0. The molecule has 0 fully saturated rings. The molecule has 0 aliphatic carbocycles. The van der Waals surface area contributed by atoms with E-state index in [1.807, 2.05) is 33.2 Å². The summed E-state index contributed by atoms with van der Waals surface area (Å²) >= 11 is 0. The molecule has 0 saturated heterocycles. The number of rotatable bonds is 7. The summed E-state index contributed by atoms with van der Waals surface area (Å²) in [4.78, 5) is 8.83. The van der Waals surface area contributed by atoms with Gasteiger partial charge in [0.15, 0.2) is 0 Å². The molecule has 1 aromatic rings. The number of pyridine rings is 1. The smallest absolute Gasteiger partial charge is 0.0649 e. The van der Waals surface area contributed by atoms with E-state index in [0.29, 0.717) is 0 Å². The first-order valence-electron chi connectivity index (χ1n) is 7.72. The Bertz CT molecular complexity index is 607. The quantitative estimate of drug-likeness (QED) is 0.601. The molecule has 0 amide bonds. The van der Waals surface area contributed by atoms with Gasteiger partial charge in [-0.3, -0.25) is 9.98 Å². The largest absolute Gasteiger partial charge is 0.385 e. The normalized spacial score (nSPS) is 13.2. The van der Waals surface area contributed by atoms with Crippen LogP contribution in [0, 0.1) is 6.92 Å². The molecule has 0 radical (unpaired) electrons. The van der Waals surface area contributed by atoms with E-state index in [9.17, 15) is 0 Å². The van der Waals surface area contributed by atoms with Crippen molar-refractivity contribution in [3.8, 4) is 0 Å². The molecule has 0 aromatic carbocycles. The molecule has 118 valence electrons. The highest BCUT2D eigenvalue weighted by Crippen LogP contribution is 2.20. The molecule has 1 rings (SSSR count). The summed E-state index contributed by atoms with van der Waals surface area (Å²) in [6.45, 7) is 13.3. The van der Waals surface area contributed by atoms with Crippen LogP contribution in [0.1, 0.15) is 38.4 Å². The van der Waals surface area contributed by atoms with E-state index in [1.54, 1.807) is 0 Å². The van der Waals surface area contributed by atoms with E-state index in [-0.39, 0.29) is 0 Å². The minimum Gasteiger partial charge on any atom is -0.385 e. The molecule has 1 N–H and O–H groups in total. The van der Waals surface area contributed by atoms with Crippen molar-refractivity contribution in [1.82, 2.24) is 10.3 Å². The van der Waals surface area contributed by atoms with Gasteiger partial charge in [0, 0.05) is 42.3 Å². The molecule has 0 aliphatic rings. The van der Waals surface area contributed by atoms with E-state index in [2.05, 4.69) is 53.9 Å². The number of nitrogens with zero attached hydrogens (tertiary/aromatic N) is 2. The zero-order valence-corrected chi connectivity index (χ0v) is 14.4. The van der Waals surface area contributed by atoms with Crippen LogP contribution in [0.4, 0.5) is 0 Å². The minimum absolute atomic E-state index is 0.931. The second kappa shape index (κ2) is 8.98. The molecule has 0 atom stereocenters. The van der Waals surface area contributed by atoms with E-state index >= 15 is 0 Å². The maximum atomic E-state index is 4.45. The van der Waals surface area contributed by atoms with Crippen LogP contribution in [-0.2, 0) is 0 Å². The van der Waals surface area contributed by atoms with E-state index < -0.39 is 0 Å². The first-order chi connectivity index (χ1) is 10.5. The van der Waals surface area contributed by atoms with E-state index in [1.165, 1.54) is 0 Å². The molecular weight excluding hydrogens is 270 g/mol. The lowest BCUT2D eigenvalue weighted by Crippen LogP contribution is -2.14. The lowest BCUT2D eigenvalue weighted by atomic mass is 9.97. The van der Waals surface area contributed by atoms with Crippen LogP contribution in [0.15, 0.2) is 53.3 Å². The van der Waals surface area contributed by atoms with Gasteiger partial charge in [0.25, 0.3) is 0 Å². The second-order valence-corrected chi connectivity index (χ2v) is 5.18. The maximum Gasteiger partial charge on any atom is 0.0649 e. The number of aliphatic imine (C=N–C) groups is 1. The Morgan fingerprint density at radius 1 is 1.45 bits per heavy atom. The van der Waals surface area contributed by atoms with Gasteiger partial charge in [-0.05, 0) is 44.9 Å². The third-order valence-corrected chi connectivity index (χ3v) is 3.52. The Labute approximate surface area is 134 Å². The van der Waals surface area contributed by atoms with Crippen LogP contribution in [0.3, 0.4) is 0 Å². The summed E-state index contributed by atoms with van der Waals surface area (Å²) in [7, 11) is 1.82. The van der Waals surface area contributed by atoms with Gasteiger partial charge in [0.2, 0.25) is 0 Å². The number of hydrogen-bond acceptors (Lipinski definition) is 3. The van der Waals surface area contributed by atoms with Gasteiger partial charge in [0.1, 0.15) is 0 Å². The fraction of sp³-hybridized carbons (Fsp3) is 0.368. The van der Waals surface area contributed by atoms with Crippen molar-refractivity contribution in [2.75, 3.05) is 13.6 Å². The Hall–Kier alpha value is -2.16. The van der Waals surface area contributed by atoms with E-state index in [4.69, 9.17) is 0 Å². The lowest BCUT2D eigenvalue weighted by molar-refractivity contribution is 0.778. The van der Waals surface area contributed by atoms with Crippen molar-refractivity contribution >= 4 is 11.3 Å². The molecule has 1 aromatic heterocycles. The van der Waals surface area contributed by atoms with Crippen molar-refractivity contribution in [3.63, 3.8) is 0 Å². The van der Waals surface area contributed by atoms with Gasteiger partial charge in [0.05, 0.1) is 5.71 Å². The molecule has 1 heterocycles. The first kappa shape index (κ1) is 17.9. The number of aryl methyl sites for hydroxylation is 1. The summed E-state index contributed by atoms with van der Waals surface area (Å²) in [6.07, 6.45) is 7.05. The van der Waals surface area contributed by atoms with Crippen molar-refractivity contribution in [1.29, 1.82) is 0 Å². The lowest BCUT2D eigenvalue weighted by Gasteiger charge is -2.13. The minimum atomic E-state index is 0.931. The van der Waals surface area contributed by atoms with Crippen LogP contribution >= 0.6 is 0 Å². The highest BCUT2D eigenvalue weighted by molar-refractivity contribution is 6.29. The fourth-order valence-electron chi connectivity index (χ4n) is 2.18. The van der Waals surface area contributed by atoms with Gasteiger partial charge >= 0.3 is 0 Å². The van der Waals surface area contributed by atoms with Crippen LogP contribution in [0.25, 0.3) is 5.57 Å². The Balaban J connectivity index is 3.10. The molecule has 3 nitrogen and oxygen atoms in total. The Kier molecular flexibility index (Phi) is 7.30. The standard InChI is InChI=1S/C19H27N3/c1-7-11-21-15(4)14(3)13-19(20-6)17(8-2)18-10-9-12-22-16(18)5/h8-10,12-13,21H,4,7,11H2,1-3,5-6H3/b14-13+,17-8+,20-19?. The van der Waals surface area contributed by atoms with Crippen molar-refractivity contribution in [2.45, 2.75) is 34.1 Å². The van der Waals surface area contributed by atoms with Gasteiger partial charge < -0.3 is 5.32 Å². The maximum absolute atomic E-state index is 4.45. The Morgan fingerprint density at radius 2 is 2.18 bits per heavy atom. The van der Waals surface area contributed by atoms with Crippen molar-refractivity contribution < 1.29 is 0 Å². The van der Waals surface area contributed by atoms with Crippen LogP contribution in [-0.4, -0.2) is 24.3 Å². The topological polar surface area (TPSA) is 37.3 Å². The SMILES string of the molecule is C=C(NCCC)/C(C)=C/C(=NC)/C(=C/C)c1cccnc1C. The third-order valence-electron chi connectivity index (χ3n) is 3.52. The predicted octanol–water partition coefficient (Wildman–Crippen LogP) is 4.32. The summed E-state index contributed by atoms with van der Waals surface area (Å²) in [5.41, 5.74) is 6.19. The van der Waals surface area contributed by atoms with Crippen LogP contribution in [0.2, 0.25) is 0 Å². The number of allylic oxidation sites excluding steroid dienone is 4. The summed E-state index contributed by atoms with van der Waals surface area (Å²) in [5, 5.41) is 3.32.